The first-order valence-electron chi connectivity index (χ1n) is 7.79. The fourth-order valence-electron chi connectivity index (χ4n) is 2.85. The second-order valence-corrected chi connectivity index (χ2v) is 5.56. The fourth-order valence-corrected chi connectivity index (χ4v) is 2.85. The topological polar surface area (TPSA) is 71.3 Å². The van der Waals surface area contributed by atoms with Crippen LogP contribution in [0.3, 0.4) is 0 Å². The largest absolute Gasteiger partial charge is 0.467 e. The Balaban J connectivity index is 1.52. The van der Waals surface area contributed by atoms with Gasteiger partial charge in [0, 0.05) is 18.3 Å². The van der Waals surface area contributed by atoms with Crippen molar-refractivity contribution in [1.82, 2.24) is 9.97 Å². The van der Waals surface area contributed by atoms with Crippen molar-refractivity contribution in [2.24, 2.45) is 0 Å². The number of anilines is 2. The number of hydrogen-bond donors (Lipinski definition) is 1. The van der Waals surface area contributed by atoms with Crippen LogP contribution in [0.5, 0.6) is 0 Å². The summed E-state index contributed by atoms with van der Waals surface area (Å²) in [5, 5.41) is 3.14. The van der Waals surface area contributed by atoms with E-state index in [1.807, 2.05) is 30.3 Å². The van der Waals surface area contributed by atoms with E-state index in [2.05, 4.69) is 21.4 Å². The second-order valence-electron chi connectivity index (χ2n) is 5.56. The zero-order chi connectivity index (χ0) is 16.4. The molecule has 3 heterocycles. The number of carbonyl (C=O) groups is 1. The summed E-state index contributed by atoms with van der Waals surface area (Å²) in [7, 11) is 0. The van der Waals surface area contributed by atoms with Crippen molar-refractivity contribution in [1.29, 1.82) is 0 Å². The van der Waals surface area contributed by atoms with Gasteiger partial charge in [-0.15, -0.1) is 0 Å². The van der Waals surface area contributed by atoms with Crippen LogP contribution >= 0.6 is 0 Å². The molecule has 1 aromatic carbocycles. The van der Waals surface area contributed by atoms with Gasteiger partial charge in [0.2, 0.25) is 0 Å². The van der Waals surface area contributed by atoms with Crippen molar-refractivity contribution < 1.29 is 9.21 Å². The highest BCUT2D eigenvalue weighted by Gasteiger charge is 2.26. The number of rotatable bonds is 4. The molecule has 24 heavy (non-hydrogen) atoms. The van der Waals surface area contributed by atoms with Gasteiger partial charge in [-0.3, -0.25) is 4.79 Å². The first-order valence-corrected chi connectivity index (χ1v) is 7.79. The molecule has 0 radical (unpaired) electrons. The molecule has 0 aliphatic carbocycles. The predicted molar refractivity (Wildman–Crippen MR) is 89.9 cm³/mol. The fraction of sp³-hybridized carbons (Fsp3) is 0.167. The van der Waals surface area contributed by atoms with E-state index in [9.17, 15) is 4.79 Å². The van der Waals surface area contributed by atoms with Gasteiger partial charge in [0.1, 0.15) is 23.6 Å². The molecule has 3 aromatic rings. The Hall–Kier alpha value is -3.15. The maximum atomic E-state index is 12.8. The highest BCUT2D eigenvalue weighted by Crippen LogP contribution is 2.28. The number of benzene rings is 1. The van der Waals surface area contributed by atoms with Crippen molar-refractivity contribution in [3.8, 4) is 0 Å². The summed E-state index contributed by atoms with van der Waals surface area (Å²) >= 11 is 0. The maximum Gasteiger partial charge on any atom is 0.277 e. The molecule has 0 fully saturated rings. The third-order valence-electron chi connectivity index (χ3n) is 4.04. The maximum absolute atomic E-state index is 12.8. The molecule has 0 saturated heterocycles. The lowest BCUT2D eigenvalue weighted by molar-refractivity contribution is 0.0984. The average Bonchev–Trinajstić information content (AvgIpc) is 3.29. The van der Waals surface area contributed by atoms with Gasteiger partial charge >= 0.3 is 0 Å². The molecule has 1 aliphatic rings. The van der Waals surface area contributed by atoms with Gasteiger partial charge in [-0.1, -0.05) is 18.2 Å². The first kappa shape index (κ1) is 14.4. The predicted octanol–water partition coefficient (Wildman–Crippen LogP) is 2.88. The van der Waals surface area contributed by atoms with E-state index in [-0.39, 0.29) is 5.91 Å². The van der Waals surface area contributed by atoms with Crippen LogP contribution in [0.2, 0.25) is 0 Å². The highest BCUT2D eigenvalue weighted by molar-refractivity contribution is 6.06. The van der Waals surface area contributed by atoms with Gasteiger partial charge in [0.15, 0.2) is 0 Å². The van der Waals surface area contributed by atoms with E-state index in [1.165, 1.54) is 11.9 Å². The zero-order valence-corrected chi connectivity index (χ0v) is 13.0. The van der Waals surface area contributed by atoms with Crippen LogP contribution in [-0.4, -0.2) is 22.4 Å². The SMILES string of the molecule is O=C(c1cc(NCc2ccco2)ncn1)N1CCc2ccccc21. The summed E-state index contributed by atoms with van der Waals surface area (Å²) in [6.45, 7) is 1.18. The highest BCUT2D eigenvalue weighted by atomic mass is 16.3. The molecule has 2 aromatic heterocycles. The zero-order valence-electron chi connectivity index (χ0n) is 13.0. The van der Waals surface area contributed by atoms with Crippen molar-refractivity contribution in [3.05, 3.63) is 72.1 Å². The van der Waals surface area contributed by atoms with Crippen molar-refractivity contribution >= 4 is 17.4 Å². The number of nitrogens with one attached hydrogen (secondary N) is 1. The normalized spacial score (nSPS) is 12.9. The van der Waals surface area contributed by atoms with E-state index < -0.39 is 0 Å². The lowest BCUT2D eigenvalue weighted by Gasteiger charge is -2.17. The van der Waals surface area contributed by atoms with Crippen LogP contribution in [0.4, 0.5) is 11.5 Å². The van der Waals surface area contributed by atoms with Crippen LogP contribution in [-0.2, 0) is 13.0 Å². The molecule has 4 rings (SSSR count). The first-order chi connectivity index (χ1) is 11.8. The number of nitrogens with zero attached hydrogens (tertiary/aromatic N) is 3. The van der Waals surface area contributed by atoms with Gasteiger partial charge in [-0.2, -0.15) is 0 Å². The third kappa shape index (κ3) is 2.74. The van der Waals surface area contributed by atoms with E-state index in [0.29, 0.717) is 24.6 Å². The van der Waals surface area contributed by atoms with Crippen LogP contribution in [0.15, 0.2) is 59.5 Å². The van der Waals surface area contributed by atoms with E-state index in [1.54, 1.807) is 17.2 Å². The van der Waals surface area contributed by atoms with E-state index in [0.717, 1.165) is 17.9 Å². The minimum Gasteiger partial charge on any atom is -0.467 e. The molecular weight excluding hydrogens is 304 g/mol. The Morgan fingerprint density at radius 3 is 3.00 bits per heavy atom. The van der Waals surface area contributed by atoms with Crippen molar-refractivity contribution in [2.75, 3.05) is 16.8 Å². The molecule has 0 unspecified atom stereocenters. The van der Waals surface area contributed by atoms with Crippen molar-refractivity contribution in [3.63, 3.8) is 0 Å². The monoisotopic (exact) mass is 320 g/mol. The Kier molecular flexibility index (Phi) is 3.70. The molecule has 0 bridgehead atoms. The van der Waals surface area contributed by atoms with E-state index in [4.69, 9.17) is 4.42 Å². The molecule has 6 heteroatoms. The van der Waals surface area contributed by atoms with Gasteiger partial charge < -0.3 is 14.6 Å². The lowest BCUT2D eigenvalue weighted by atomic mass is 10.2. The summed E-state index contributed by atoms with van der Waals surface area (Å²) in [6, 6.07) is 13.3. The number of amides is 1. The summed E-state index contributed by atoms with van der Waals surface area (Å²) in [5.41, 5.74) is 2.53. The molecule has 0 spiro atoms. The number of aromatic nitrogens is 2. The molecule has 1 aliphatic heterocycles. The standard InChI is InChI=1S/C18H16N4O2/c23-18(22-8-7-13-4-1-2-6-16(13)22)15-10-17(21-12-20-15)19-11-14-5-3-9-24-14/h1-6,9-10,12H,7-8,11H2,(H,19,20,21). The molecular formula is C18H16N4O2. The molecule has 6 nitrogen and oxygen atoms in total. The Morgan fingerprint density at radius 2 is 2.12 bits per heavy atom. The number of hydrogen-bond acceptors (Lipinski definition) is 5. The minimum atomic E-state index is -0.108. The number of carbonyl (C=O) groups excluding carboxylic acids is 1. The molecule has 1 N–H and O–H groups in total. The lowest BCUT2D eigenvalue weighted by Crippen LogP contribution is -2.29. The smallest absolute Gasteiger partial charge is 0.277 e. The number of fused-ring (bicyclic) bond motifs is 1. The van der Waals surface area contributed by atoms with Crippen LogP contribution < -0.4 is 10.2 Å². The Bertz CT molecular complexity index is 861. The number of furan rings is 1. The number of para-hydroxylation sites is 1. The summed E-state index contributed by atoms with van der Waals surface area (Å²) < 4.78 is 5.27. The van der Waals surface area contributed by atoms with Gasteiger partial charge in [0.05, 0.1) is 12.8 Å². The molecule has 0 atom stereocenters. The summed E-state index contributed by atoms with van der Waals surface area (Å²) in [6.07, 6.45) is 3.90. The molecule has 1 amide bonds. The van der Waals surface area contributed by atoms with Gasteiger partial charge in [-0.25, -0.2) is 9.97 Å². The van der Waals surface area contributed by atoms with Crippen LogP contribution in [0.25, 0.3) is 0 Å². The summed E-state index contributed by atoms with van der Waals surface area (Å²) in [5.74, 6) is 1.29. The van der Waals surface area contributed by atoms with Crippen LogP contribution in [0.1, 0.15) is 21.8 Å². The average molecular weight is 320 g/mol. The summed E-state index contributed by atoms with van der Waals surface area (Å²) in [4.78, 5) is 22.8. The van der Waals surface area contributed by atoms with E-state index >= 15 is 0 Å². The van der Waals surface area contributed by atoms with Crippen LogP contribution in [0, 0.1) is 0 Å². The quantitative estimate of drug-likeness (QED) is 0.800. The molecule has 120 valence electrons. The van der Waals surface area contributed by atoms with Gasteiger partial charge in [0.25, 0.3) is 5.91 Å². The third-order valence-corrected chi connectivity index (χ3v) is 4.04. The Labute approximate surface area is 139 Å². The molecule has 0 saturated carbocycles. The van der Waals surface area contributed by atoms with Crippen molar-refractivity contribution in [2.45, 2.75) is 13.0 Å². The second kappa shape index (κ2) is 6.16. The van der Waals surface area contributed by atoms with Gasteiger partial charge in [-0.05, 0) is 30.2 Å². The Morgan fingerprint density at radius 1 is 1.21 bits per heavy atom. The minimum absolute atomic E-state index is 0.108.